The molecule has 0 radical (unpaired) electrons. The Hall–Kier alpha value is -1.69. The van der Waals surface area contributed by atoms with Gasteiger partial charge in [-0.25, -0.2) is 0 Å². The van der Waals surface area contributed by atoms with Gasteiger partial charge in [0.2, 0.25) is 0 Å². The molecule has 6 heteroatoms. The van der Waals surface area contributed by atoms with E-state index in [0.29, 0.717) is 18.4 Å². The van der Waals surface area contributed by atoms with Gasteiger partial charge in [0.05, 0.1) is 6.10 Å². The molecule has 110 valence electrons. The molecule has 0 unspecified atom stereocenters. The number of hydrogen-bond donors (Lipinski definition) is 0. The van der Waals surface area contributed by atoms with Crippen molar-refractivity contribution in [2.24, 2.45) is 0 Å². The Morgan fingerprint density at radius 2 is 2.10 bits per heavy atom. The highest BCUT2D eigenvalue weighted by Crippen LogP contribution is 2.32. The SMILES string of the molecule is CC(=O)OC[C@H]1O[C@H](C2=CCCC2=O)C[C@@H]1OC(C)=O. The molecule has 3 atom stereocenters. The quantitative estimate of drug-likeness (QED) is 0.714. The molecular formula is C14H18O6. The van der Waals surface area contributed by atoms with Crippen LogP contribution >= 0.6 is 0 Å². The number of rotatable bonds is 4. The van der Waals surface area contributed by atoms with Crippen molar-refractivity contribution in [3.05, 3.63) is 11.6 Å². The largest absolute Gasteiger partial charge is 0.463 e. The molecular weight excluding hydrogens is 264 g/mol. The summed E-state index contributed by atoms with van der Waals surface area (Å²) >= 11 is 0. The second-order valence-electron chi connectivity index (χ2n) is 4.97. The lowest BCUT2D eigenvalue weighted by molar-refractivity contribution is -0.154. The van der Waals surface area contributed by atoms with Gasteiger partial charge >= 0.3 is 11.9 Å². The van der Waals surface area contributed by atoms with Crippen molar-refractivity contribution in [1.82, 2.24) is 0 Å². The maximum absolute atomic E-state index is 11.7. The molecule has 0 bridgehead atoms. The van der Waals surface area contributed by atoms with Gasteiger partial charge in [0.15, 0.2) is 5.78 Å². The van der Waals surface area contributed by atoms with Crippen molar-refractivity contribution in [2.75, 3.05) is 6.61 Å². The molecule has 0 spiro atoms. The van der Waals surface area contributed by atoms with Gasteiger partial charge in [-0.3, -0.25) is 14.4 Å². The predicted octanol–water partition coefficient (Wildman–Crippen LogP) is 0.928. The summed E-state index contributed by atoms with van der Waals surface area (Å²) in [5.74, 6) is -0.765. The van der Waals surface area contributed by atoms with Gasteiger partial charge in [0.25, 0.3) is 0 Å². The van der Waals surface area contributed by atoms with Crippen molar-refractivity contribution in [3.63, 3.8) is 0 Å². The van der Waals surface area contributed by atoms with Gasteiger partial charge in [0.1, 0.15) is 18.8 Å². The lowest BCUT2D eigenvalue weighted by Gasteiger charge is -2.17. The molecule has 0 aromatic heterocycles. The number of esters is 2. The van der Waals surface area contributed by atoms with Crippen molar-refractivity contribution >= 4 is 17.7 Å². The van der Waals surface area contributed by atoms with Crippen molar-refractivity contribution in [2.45, 2.75) is 51.4 Å². The Kier molecular flexibility index (Phi) is 4.54. The fourth-order valence-corrected chi connectivity index (χ4v) is 2.53. The van der Waals surface area contributed by atoms with E-state index in [1.165, 1.54) is 13.8 Å². The van der Waals surface area contributed by atoms with E-state index in [0.717, 1.165) is 6.42 Å². The average Bonchev–Trinajstić information content (AvgIpc) is 2.92. The minimum Gasteiger partial charge on any atom is -0.463 e. The zero-order chi connectivity index (χ0) is 14.7. The van der Waals surface area contributed by atoms with Gasteiger partial charge in [-0.15, -0.1) is 0 Å². The summed E-state index contributed by atoms with van der Waals surface area (Å²) in [5, 5.41) is 0. The van der Waals surface area contributed by atoms with E-state index in [9.17, 15) is 14.4 Å². The Labute approximate surface area is 117 Å². The number of allylic oxidation sites excluding steroid dienone is 1. The van der Waals surface area contributed by atoms with Crippen LogP contribution in [0.15, 0.2) is 11.6 Å². The molecule has 1 aliphatic heterocycles. The van der Waals surface area contributed by atoms with Crippen LogP contribution in [0.5, 0.6) is 0 Å². The average molecular weight is 282 g/mol. The van der Waals surface area contributed by atoms with E-state index in [4.69, 9.17) is 14.2 Å². The summed E-state index contributed by atoms with van der Waals surface area (Å²) in [6.45, 7) is 2.64. The van der Waals surface area contributed by atoms with Gasteiger partial charge in [-0.2, -0.15) is 0 Å². The number of Topliss-reactive ketones (excluding diaryl/α,β-unsaturated/α-hetero) is 1. The number of carbonyl (C=O) groups is 3. The number of ketones is 1. The summed E-state index contributed by atoms with van der Waals surface area (Å²) in [6.07, 6.45) is 2.11. The smallest absolute Gasteiger partial charge is 0.302 e. The normalized spacial score (nSPS) is 29.2. The summed E-state index contributed by atoms with van der Waals surface area (Å²) in [6, 6.07) is 0. The van der Waals surface area contributed by atoms with Crippen LogP contribution in [0, 0.1) is 0 Å². The van der Waals surface area contributed by atoms with Crippen LogP contribution in [0.3, 0.4) is 0 Å². The summed E-state index contributed by atoms with van der Waals surface area (Å²) in [7, 11) is 0. The number of hydrogen-bond acceptors (Lipinski definition) is 6. The van der Waals surface area contributed by atoms with E-state index < -0.39 is 24.1 Å². The van der Waals surface area contributed by atoms with E-state index in [-0.39, 0.29) is 18.5 Å². The van der Waals surface area contributed by atoms with Crippen LogP contribution in [0.1, 0.15) is 33.1 Å². The minimum atomic E-state index is -0.526. The zero-order valence-corrected chi connectivity index (χ0v) is 11.6. The van der Waals surface area contributed by atoms with Crippen molar-refractivity contribution in [1.29, 1.82) is 0 Å². The first-order valence-corrected chi connectivity index (χ1v) is 6.66. The lowest BCUT2D eigenvalue weighted by Crippen LogP contribution is -2.31. The highest BCUT2D eigenvalue weighted by atomic mass is 16.6. The van der Waals surface area contributed by atoms with Crippen LogP contribution in [0.25, 0.3) is 0 Å². The molecule has 6 nitrogen and oxygen atoms in total. The van der Waals surface area contributed by atoms with Gasteiger partial charge in [0, 0.05) is 32.3 Å². The van der Waals surface area contributed by atoms with E-state index in [1.54, 1.807) is 0 Å². The number of carbonyl (C=O) groups excluding carboxylic acids is 3. The molecule has 0 aromatic rings. The van der Waals surface area contributed by atoms with Crippen molar-refractivity contribution in [3.8, 4) is 0 Å². The summed E-state index contributed by atoms with van der Waals surface area (Å²) in [4.78, 5) is 33.7. The number of ether oxygens (including phenoxy) is 3. The highest BCUT2D eigenvalue weighted by Gasteiger charge is 2.41. The zero-order valence-electron chi connectivity index (χ0n) is 11.6. The monoisotopic (exact) mass is 282 g/mol. The topological polar surface area (TPSA) is 78.9 Å². The Morgan fingerprint density at radius 1 is 1.35 bits per heavy atom. The molecule has 1 saturated heterocycles. The summed E-state index contributed by atoms with van der Waals surface area (Å²) < 4.78 is 15.8. The maximum atomic E-state index is 11.7. The van der Waals surface area contributed by atoms with Gasteiger partial charge < -0.3 is 14.2 Å². The highest BCUT2D eigenvalue weighted by molar-refractivity contribution is 5.98. The first-order chi connectivity index (χ1) is 9.47. The van der Waals surface area contributed by atoms with E-state index >= 15 is 0 Å². The van der Waals surface area contributed by atoms with Crippen LogP contribution in [-0.4, -0.2) is 42.6 Å². The standard InChI is InChI=1S/C14H18O6/c1-8(15)18-7-14-13(19-9(2)16)6-12(20-14)10-4-3-5-11(10)17/h4,12-14H,3,5-7H2,1-2H3/t12-,13-,14+/m0/s1. The van der Waals surface area contributed by atoms with Crippen LogP contribution < -0.4 is 0 Å². The summed E-state index contributed by atoms with van der Waals surface area (Å²) in [5.41, 5.74) is 0.646. The van der Waals surface area contributed by atoms with Gasteiger partial charge in [-0.05, 0) is 6.42 Å². The molecule has 2 rings (SSSR count). The van der Waals surface area contributed by atoms with Crippen LogP contribution in [-0.2, 0) is 28.6 Å². The van der Waals surface area contributed by atoms with Crippen LogP contribution in [0.2, 0.25) is 0 Å². The first-order valence-electron chi connectivity index (χ1n) is 6.66. The fourth-order valence-electron chi connectivity index (χ4n) is 2.53. The Balaban J connectivity index is 2.02. The predicted molar refractivity (Wildman–Crippen MR) is 67.8 cm³/mol. The van der Waals surface area contributed by atoms with E-state index in [2.05, 4.69) is 0 Å². The van der Waals surface area contributed by atoms with Crippen molar-refractivity contribution < 1.29 is 28.6 Å². The maximum Gasteiger partial charge on any atom is 0.302 e. The van der Waals surface area contributed by atoms with E-state index in [1.807, 2.05) is 6.08 Å². The molecule has 1 heterocycles. The Morgan fingerprint density at radius 3 is 2.65 bits per heavy atom. The molecule has 1 aliphatic carbocycles. The van der Waals surface area contributed by atoms with Gasteiger partial charge in [-0.1, -0.05) is 6.08 Å². The van der Waals surface area contributed by atoms with Crippen LogP contribution in [0.4, 0.5) is 0 Å². The molecule has 2 aliphatic rings. The third-order valence-corrected chi connectivity index (χ3v) is 3.37. The second kappa shape index (κ2) is 6.17. The molecule has 0 saturated carbocycles. The fraction of sp³-hybridized carbons (Fsp3) is 0.643. The third kappa shape index (κ3) is 3.45. The molecule has 0 amide bonds. The molecule has 20 heavy (non-hydrogen) atoms. The Bertz CT molecular complexity index is 453. The minimum absolute atomic E-state index is 0.0191. The molecule has 0 aromatic carbocycles. The lowest BCUT2D eigenvalue weighted by atomic mass is 10.0. The third-order valence-electron chi connectivity index (χ3n) is 3.37. The molecule has 0 N–H and O–H groups in total. The first kappa shape index (κ1) is 14.7. The second-order valence-corrected chi connectivity index (χ2v) is 4.97. The molecule has 1 fully saturated rings.